The molecule has 0 amide bonds. The second-order valence-corrected chi connectivity index (χ2v) is 4.72. The summed E-state index contributed by atoms with van der Waals surface area (Å²) in [5.41, 5.74) is 6.38. The maximum atomic E-state index is 12.2. The van der Waals surface area contributed by atoms with Gasteiger partial charge in [-0.2, -0.15) is 13.2 Å². The number of rotatable bonds is 3. The highest BCUT2D eigenvalue weighted by atomic mass is 32.1. The van der Waals surface area contributed by atoms with Crippen LogP contribution in [0.5, 0.6) is 0 Å². The van der Waals surface area contributed by atoms with Gasteiger partial charge in [0.25, 0.3) is 0 Å². The van der Waals surface area contributed by atoms with Crippen molar-refractivity contribution in [3.63, 3.8) is 0 Å². The number of aromatic nitrogens is 1. The number of hydrogen-bond acceptors (Lipinski definition) is 4. The Morgan fingerprint density at radius 1 is 1.50 bits per heavy atom. The Bertz CT molecular complexity index is 359. The van der Waals surface area contributed by atoms with Crippen molar-refractivity contribution in [2.45, 2.75) is 26.1 Å². The third-order valence-corrected chi connectivity index (χ3v) is 3.45. The van der Waals surface area contributed by atoms with Crippen LogP contribution in [0.15, 0.2) is 0 Å². The zero-order valence-electron chi connectivity index (χ0n) is 9.30. The van der Waals surface area contributed by atoms with Crippen molar-refractivity contribution in [2.24, 2.45) is 5.73 Å². The van der Waals surface area contributed by atoms with E-state index in [2.05, 4.69) is 4.98 Å². The highest BCUT2D eigenvalue weighted by Gasteiger charge is 2.30. The summed E-state index contributed by atoms with van der Waals surface area (Å²) in [6.45, 7) is 2.53. The highest BCUT2D eigenvalue weighted by molar-refractivity contribution is 7.15. The maximum absolute atomic E-state index is 12.2. The Balaban J connectivity index is 2.85. The van der Waals surface area contributed by atoms with E-state index in [1.54, 1.807) is 13.8 Å². The van der Waals surface area contributed by atoms with Gasteiger partial charge in [-0.1, -0.05) is 0 Å². The third-order valence-electron chi connectivity index (χ3n) is 1.98. The molecule has 0 saturated carbocycles. The van der Waals surface area contributed by atoms with Crippen LogP contribution < -0.4 is 10.6 Å². The molecule has 16 heavy (non-hydrogen) atoms. The Labute approximate surface area is 96.1 Å². The topological polar surface area (TPSA) is 42.2 Å². The van der Waals surface area contributed by atoms with Crippen LogP contribution in [0.3, 0.4) is 0 Å². The predicted molar refractivity (Wildman–Crippen MR) is 58.8 cm³/mol. The first-order valence-corrected chi connectivity index (χ1v) is 5.53. The van der Waals surface area contributed by atoms with Crippen LogP contribution in [0.4, 0.5) is 18.3 Å². The molecular weight excluding hydrogens is 239 g/mol. The number of nitrogens with zero attached hydrogens (tertiary/aromatic N) is 2. The van der Waals surface area contributed by atoms with Gasteiger partial charge in [0, 0.05) is 18.0 Å². The van der Waals surface area contributed by atoms with Gasteiger partial charge >= 0.3 is 6.18 Å². The van der Waals surface area contributed by atoms with Crippen LogP contribution in [0, 0.1) is 6.92 Å². The molecule has 92 valence electrons. The summed E-state index contributed by atoms with van der Waals surface area (Å²) in [7, 11) is 1.37. The van der Waals surface area contributed by atoms with Crippen LogP contribution in [0.2, 0.25) is 0 Å². The van der Waals surface area contributed by atoms with Crippen molar-refractivity contribution in [3.05, 3.63) is 10.6 Å². The van der Waals surface area contributed by atoms with Gasteiger partial charge in [0.1, 0.15) is 6.54 Å². The zero-order valence-corrected chi connectivity index (χ0v) is 10.1. The largest absolute Gasteiger partial charge is 0.405 e. The summed E-state index contributed by atoms with van der Waals surface area (Å²) < 4.78 is 36.5. The minimum Gasteiger partial charge on any atom is -0.342 e. The molecule has 1 rings (SSSR count). The Morgan fingerprint density at radius 3 is 2.44 bits per heavy atom. The Hall–Kier alpha value is -0.820. The molecule has 1 atom stereocenters. The molecule has 0 aromatic carbocycles. The summed E-state index contributed by atoms with van der Waals surface area (Å²) in [5, 5.41) is 0.349. The number of halogens is 3. The minimum absolute atomic E-state index is 0.203. The van der Waals surface area contributed by atoms with Crippen molar-refractivity contribution >= 4 is 16.5 Å². The molecule has 0 spiro atoms. The molecule has 0 saturated heterocycles. The molecule has 0 aliphatic rings. The lowest BCUT2D eigenvalue weighted by atomic mass is 10.2. The molecule has 0 aliphatic heterocycles. The summed E-state index contributed by atoms with van der Waals surface area (Å²) in [4.78, 5) is 5.99. The first kappa shape index (κ1) is 13.2. The first-order chi connectivity index (χ1) is 7.20. The fourth-order valence-corrected chi connectivity index (χ4v) is 2.29. The van der Waals surface area contributed by atoms with E-state index in [9.17, 15) is 13.2 Å². The SMILES string of the molecule is Cc1nc(N(C)CC(F)(F)F)sc1C(C)N. The average molecular weight is 253 g/mol. The molecule has 7 heteroatoms. The Morgan fingerprint density at radius 2 is 2.06 bits per heavy atom. The fourth-order valence-electron chi connectivity index (χ4n) is 1.32. The molecule has 0 aliphatic carbocycles. The lowest BCUT2D eigenvalue weighted by Crippen LogP contribution is -2.30. The standard InChI is InChI=1S/C9H14F3N3S/c1-5(13)7-6(2)14-8(16-7)15(3)4-9(10,11)12/h5H,4,13H2,1-3H3. The van der Waals surface area contributed by atoms with Gasteiger partial charge in [0.05, 0.1) is 5.69 Å². The summed E-state index contributed by atoms with van der Waals surface area (Å²) in [5.74, 6) is 0. The van der Waals surface area contributed by atoms with E-state index in [-0.39, 0.29) is 6.04 Å². The van der Waals surface area contributed by atoms with Crippen LogP contribution in [0.1, 0.15) is 23.5 Å². The fraction of sp³-hybridized carbons (Fsp3) is 0.667. The van der Waals surface area contributed by atoms with Crippen molar-refractivity contribution < 1.29 is 13.2 Å². The van der Waals surface area contributed by atoms with Crippen molar-refractivity contribution in [3.8, 4) is 0 Å². The summed E-state index contributed by atoms with van der Waals surface area (Å²) >= 11 is 1.21. The minimum atomic E-state index is -4.22. The number of aryl methyl sites for hydroxylation is 1. The lowest BCUT2D eigenvalue weighted by Gasteiger charge is -2.17. The Kier molecular flexibility index (Phi) is 3.80. The molecule has 2 N–H and O–H groups in total. The summed E-state index contributed by atoms with van der Waals surface area (Å²) in [6.07, 6.45) is -4.22. The highest BCUT2D eigenvalue weighted by Crippen LogP contribution is 2.30. The van der Waals surface area contributed by atoms with E-state index in [0.717, 1.165) is 9.78 Å². The van der Waals surface area contributed by atoms with E-state index in [0.29, 0.717) is 10.8 Å². The molecule has 0 fully saturated rings. The smallest absolute Gasteiger partial charge is 0.342 e. The van der Waals surface area contributed by atoms with Gasteiger partial charge in [-0.05, 0) is 13.8 Å². The number of hydrogen-bond donors (Lipinski definition) is 1. The molecule has 1 heterocycles. The molecule has 0 bridgehead atoms. The van der Waals surface area contributed by atoms with Gasteiger partial charge in [-0.15, -0.1) is 11.3 Å². The second-order valence-electron chi connectivity index (χ2n) is 3.71. The lowest BCUT2D eigenvalue weighted by molar-refractivity contribution is -0.119. The van der Waals surface area contributed by atoms with Gasteiger partial charge in [0.15, 0.2) is 5.13 Å². The van der Waals surface area contributed by atoms with Crippen molar-refractivity contribution in [2.75, 3.05) is 18.5 Å². The van der Waals surface area contributed by atoms with Crippen LogP contribution in [-0.4, -0.2) is 24.8 Å². The number of alkyl halides is 3. The van der Waals surface area contributed by atoms with E-state index >= 15 is 0 Å². The van der Waals surface area contributed by atoms with Crippen molar-refractivity contribution in [1.29, 1.82) is 0 Å². The maximum Gasteiger partial charge on any atom is 0.405 e. The monoisotopic (exact) mass is 253 g/mol. The molecule has 1 aromatic rings. The van der Waals surface area contributed by atoms with Gasteiger partial charge < -0.3 is 10.6 Å². The molecule has 1 unspecified atom stereocenters. The molecule has 3 nitrogen and oxygen atoms in total. The van der Waals surface area contributed by atoms with Crippen LogP contribution in [-0.2, 0) is 0 Å². The quantitative estimate of drug-likeness (QED) is 0.899. The van der Waals surface area contributed by atoms with E-state index in [1.807, 2.05) is 0 Å². The van der Waals surface area contributed by atoms with Crippen LogP contribution in [0.25, 0.3) is 0 Å². The van der Waals surface area contributed by atoms with E-state index < -0.39 is 12.7 Å². The third kappa shape index (κ3) is 3.34. The second kappa shape index (κ2) is 4.58. The van der Waals surface area contributed by atoms with Gasteiger partial charge in [0.2, 0.25) is 0 Å². The molecule has 0 radical (unpaired) electrons. The van der Waals surface area contributed by atoms with Gasteiger partial charge in [-0.3, -0.25) is 0 Å². The number of thiazole rings is 1. The summed E-state index contributed by atoms with van der Waals surface area (Å²) in [6, 6.07) is -0.203. The number of nitrogens with two attached hydrogens (primary N) is 1. The average Bonchev–Trinajstić information content (AvgIpc) is 2.44. The van der Waals surface area contributed by atoms with Crippen molar-refractivity contribution in [1.82, 2.24) is 4.98 Å². The first-order valence-electron chi connectivity index (χ1n) is 4.71. The number of anilines is 1. The predicted octanol–water partition coefficient (Wildman–Crippen LogP) is 2.47. The molecular formula is C9H14F3N3S. The normalized spacial score (nSPS) is 13.9. The molecule has 1 aromatic heterocycles. The van der Waals surface area contributed by atoms with Crippen LogP contribution >= 0.6 is 11.3 Å². The van der Waals surface area contributed by atoms with E-state index in [1.165, 1.54) is 18.4 Å². The zero-order chi connectivity index (χ0) is 12.5. The van der Waals surface area contributed by atoms with Gasteiger partial charge in [-0.25, -0.2) is 4.98 Å². The van der Waals surface area contributed by atoms with E-state index in [4.69, 9.17) is 5.73 Å².